The average Bonchev–Trinajstić information content (AvgIpc) is 2.91. The monoisotopic (exact) mass is 263 g/mol. The molecule has 0 atom stereocenters. The van der Waals surface area contributed by atoms with Gasteiger partial charge in [0.1, 0.15) is 0 Å². The van der Waals surface area contributed by atoms with Crippen molar-refractivity contribution in [1.29, 1.82) is 0 Å². The summed E-state index contributed by atoms with van der Waals surface area (Å²) < 4.78 is 1.99. The predicted octanol–water partition coefficient (Wildman–Crippen LogP) is 1.26. The maximum absolute atomic E-state index is 4.22. The lowest BCUT2D eigenvalue weighted by atomic mass is 10.4. The molecule has 1 aromatic rings. The second-order valence-electron chi connectivity index (χ2n) is 5.95. The third-order valence-corrected chi connectivity index (χ3v) is 4.08. The summed E-state index contributed by atoms with van der Waals surface area (Å²) in [6.07, 6.45) is 8.81. The molecule has 1 saturated heterocycles. The standard InChI is InChI=1S/C14H25N5/c1-2-7-18(6-1)8-3-9-19-12-14(16-17-19)11-15-10-13-4-5-13/h12-13,15H,1-11H2. The first-order chi connectivity index (χ1) is 9.40. The van der Waals surface area contributed by atoms with E-state index in [0.717, 1.165) is 31.2 Å². The Bertz CT molecular complexity index is 379. The molecule has 106 valence electrons. The van der Waals surface area contributed by atoms with Gasteiger partial charge >= 0.3 is 0 Å². The molecule has 0 amide bonds. The molecule has 5 heteroatoms. The lowest BCUT2D eigenvalue weighted by Gasteiger charge is -2.13. The number of likely N-dealkylation sites (tertiary alicyclic amines) is 1. The fourth-order valence-electron chi connectivity index (χ4n) is 2.72. The molecule has 1 saturated carbocycles. The van der Waals surface area contributed by atoms with Crippen molar-refractivity contribution in [3.05, 3.63) is 11.9 Å². The Kier molecular flexibility index (Phi) is 4.45. The molecular weight excluding hydrogens is 238 g/mol. The summed E-state index contributed by atoms with van der Waals surface area (Å²) in [5.41, 5.74) is 1.07. The number of nitrogens with zero attached hydrogens (tertiary/aromatic N) is 4. The van der Waals surface area contributed by atoms with E-state index in [0.29, 0.717) is 0 Å². The van der Waals surface area contributed by atoms with Gasteiger partial charge in [-0.15, -0.1) is 5.10 Å². The Morgan fingerprint density at radius 2 is 2.05 bits per heavy atom. The van der Waals surface area contributed by atoms with Crippen molar-refractivity contribution in [2.24, 2.45) is 5.92 Å². The highest BCUT2D eigenvalue weighted by Gasteiger charge is 2.20. The first kappa shape index (κ1) is 13.1. The number of hydrogen-bond acceptors (Lipinski definition) is 4. The minimum atomic E-state index is 0.864. The number of hydrogen-bond donors (Lipinski definition) is 1. The Labute approximate surface area is 115 Å². The fourth-order valence-corrected chi connectivity index (χ4v) is 2.72. The van der Waals surface area contributed by atoms with E-state index in [4.69, 9.17) is 0 Å². The van der Waals surface area contributed by atoms with Gasteiger partial charge in [0.25, 0.3) is 0 Å². The highest BCUT2D eigenvalue weighted by molar-refractivity contribution is 4.92. The van der Waals surface area contributed by atoms with Crippen LogP contribution in [0.2, 0.25) is 0 Å². The van der Waals surface area contributed by atoms with E-state index in [1.165, 1.54) is 51.7 Å². The van der Waals surface area contributed by atoms with E-state index >= 15 is 0 Å². The van der Waals surface area contributed by atoms with E-state index < -0.39 is 0 Å². The fraction of sp³-hybridized carbons (Fsp3) is 0.857. The SMILES string of the molecule is c1c(CNCC2CC2)nnn1CCCN1CCCC1. The molecule has 3 rings (SSSR count). The molecule has 0 unspecified atom stereocenters. The summed E-state index contributed by atoms with van der Waals surface area (Å²) in [4.78, 5) is 2.55. The van der Waals surface area contributed by atoms with E-state index in [2.05, 4.69) is 26.7 Å². The number of aromatic nitrogens is 3. The summed E-state index contributed by atoms with van der Waals surface area (Å²) in [7, 11) is 0. The third-order valence-electron chi connectivity index (χ3n) is 4.08. The Hall–Kier alpha value is -0.940. The van der Waals surface area contributed by atoms with E-state index in [1.807, 2.05) is 4.68 Å². The van der Waals surface area contributed by atoms with Crippen LogP contribution in [0.3, 0.4) is 0 Å². The molecule has 19 heavy (non-hydrogen) atoms. The van der Waals surface area contributed by atoms with Gasteiger partial charge in [-0.25, -0.2) is 0 Å². The van der Waals surface area contributed by atoms with Gasteiger partial charge in [-0.2, -0.15) is 0 Å². The minimum absolute atomic E-state index is 0.864. The van der Waals surface area contributed by atoms with E-state index in [-0.39, 0.29) is 0 Å². The van der Waals surface area contributed by atoms with Gasteiger partial charge in [-0.3, -0.25) is 4.68 Å². The molecule has 2 aliphatic rings. The second kappa shape index (κ2) is 6.48. The van der Waals surface area contributed by atoms with Crippen LogP contribution in [0.5, 0.6) is 0 Å². The molecule has 5 nitrogen and oxygen atoms in total. The summed E-state index contributed by atoms with van der Waals surface area (Å²) in [5.74, 6) is 0.926. The van der Waals surface area contributed by atoms with Gasteiger partial charge in [0.15, 0.2) is 0 Å². The van der Waals surface area contributed by atoms with Gasteiger partial charge in [-0.1, -0.05) is 5.21 Å². The van der Waals surface area contributed by atoms with Gasteiger partial charge in [0.2, 0.25) is 0 Å². The molecule has 1 aliphatic carbocycles. The summed E-state index contributed by atoms with van der Waals surface area (Å²) >= 11 is 0. The highest BCUT2D eigenvalue weighted by Crippen LogP contribution is 2.27. The van der Waals surface area contributed by atoms with Crippen molar-refractivity contribution < 1.29 is 0 Å². The zero-order valence-electron chi connectivity index (χ0n) is 11.7. The van der Waals surface area contributed by atoms with Crippen LogP contribution in [-0.4, -0.2) is 46.1 Å². The normalized spacial score (nSPS) is 20.2. The van der Waals surface area contributed by atoms with Gasteiger partial charge in [0, 0.05) is 19.3 Å². The largest absolute Gasteiger partial charge is 0.311 e. The Balaban J connectivity index is 1.32. The smallest absolute Gasteiger partial charge is 0.0964 e. The van der Waals surface area contributed by atoms with Crippen LogP contribution >= 0.6 is 0 Å². The van der Waals surface area contributed by atoms with Crippen LogP contribution < -0.4 is 5.32 Å². The number of nitrogens with one attached hydrogen (secondary N) is 1. The second-order valence-corrected chi connectivity index (χ2v) is 5.95. The maximum atomic E-state index is 4.22. The zero-order chi connectivity index (χ0) is 12.9. The van der Waals surface area contributed by atoms with Gasteiger partial charge in [0.05, 0.1) is 5.69 Å². The molecule has 2 fully saturated rings. The highest BCUT2D eigenvalue weighted by atomic mass is 15.4. The first-order valence-corrected chi connectivity index (χ1v) is 7.72. The molecule has 1 N–H and O–H groups in total. The van der Waals surface area contributed by atoms with Crippen molar-refractivity contribution in [3.8, 4) is 0 Å². The predicted molar refractivity (Wildman–Crippen MR) is 74.7 cm³/mol. The molecule has 0 radical (unpaired) electrons. The van der Waals surface area contributed by atoms with Crippen molar-refractivity contribution in [2.75, 3.05) is 26.2 Å². The van der Waals surface area contributed by atoms with Gasteiger partial charge in [-0.05, 0) is 64.2 Å². The molecule has 1 aromatic heterocycles. The lowest BCUT2D eigenvalue weighted by molar-refractivity contribution is 0.321. The van der Waals surface area contributed by atoms with Crippen molar-refractivity contribution in [1.82, 2.24) is 25.2 Å². The number of aryl methyl sites for hydroxylation is 1. The number of rotatable bonds is 8. The van der Waals surface area contributed by atoms with Crippen LogP contribution in [0.4, 0.5) is 0 Å². The average molecular weight is 263 g/mol. The van der Waals surface area contributed by atoms with Crippen molar-refractivity contribution in [3.63, 3.8) is 0 Å². The Morgan fingerprint density at radius 3 is 2.84 bits per heavy atom. The molecular formula is C14H25N5. The van der Waals surface area contributed by atoms with Crippen LogP contribution in [-0.2, 0) is 13.1 Å². The van der Waals surface area contributed by atoms with Crippen LogP contribution in [0, 0.1) is 5.92 Å². The van der Waals surface area contributed by atoms with Crippen LogP contribution in [0.1, 0.15) is 37.8 Å². The lowest BCUT2D eigenvalue weighted by Crippen LogP contribution is -2.21. The quantitative estimate of drug-likeness (QED) is 0.767. The zero-order valence-corrected chi connectivity index (χ0v) is 11.7. The van der Waals surface area contributed by atoms with Crippen LogP contribution in [0.15, 0.2) is 6.20 Å². The minimum Gasteiger partial charge on any atom is -0.311 e. The molecule has 0 bridgehead atoms. The van der Waals surface area contributed by atoms with Gasteiger partial charge < -0.3 is 10.2 Å². The van der Waals surface area contributed by atoms with E-state index in [9.17, 15) is 0 Å². The third kappa shape index (κ3) is 4.28. The molecule has 0 aromatic carbocycles. The van der Waals surface area contributed by atoms with E-state index in [1.54, 1.807) is 0 Å². The van der Waals surface area contributed by atoms with Crippen LogP contribution in [0.25, 0.3) is 0 Å². The Morgan fingerprint density at radius 1 is 1.21 bits per heavy atom. The summed E-state index contributed by atoms with van der Waals surface area (Å²) in [5, 5.41) is 11.9. The molecule has 1 aliphatic heterocycles. The molecule has 0 spiro atoms. The van der Waals surface area contributed by atoms with Crippen molar-refractivity contribution in [2.45, 2.75) is 45.2 Å². The maximum Gasteiger partial charge on any atom is 0.0964 e. The summed E-state index contributed by atoms with van der Waals surface area (Å²) in [6, 6.07) is 0. The molecule has 2 heterocycles. The van der Waals surface area contributed by atoms with Crippen molar-refractivity contribution >= 4 is 0 Å². The topological polar surface area (TPSA) is 46.0 Å². The first-order valence-electron chi connectivity index (χ1n) is 7.72. The summed E-state index contributed by atoms with van der Waals surface area (Å²) in [6.45, 7) is 6.77.